The van der Waals surface area contributed by atoms with Crippen LogP contribution in [0.3, 0.4) is 0 Å². The van der Waals surface area contributed by atoms with Crippen molar-refractivity contribution in [1.82, 2.24) is 9.55 Å². The van der Waals surface area contributed by atoms with Crippen molar-refractivity contribution in [3.05, 3.63) is 47.0 Å². The molecule has 126 valence electrons. The summed E-state index contributed by atoms with van der Waals surface area (Å²) in [5, 5.41) is 21.5. The van der Waals surface area contributed by atoms with Crippen LogP contribution in [0.5, 0.6) is 5.75 Å². The van der Waals surface area contributed by atoms with E-state index in [9.17, 15) is 10.2 Å². The zero-order valence-electron chi connectivity index (χ0n) is 15.2. The summed E-state index contributed by atoms with van der Waals surface area (Å²) in [6, 6.07) is 3.79. The lowest BCUT2D eigenvalue weighted by molar-refractivity contribution is 0.205. The molecule has 23 heavy (non-hydrogen) atoms. The van der Waals surface area contributed by atoms with Crippen LogP contribution in [0.2, 0.25) is 0 Å². The van der Waals surface area contributed by atoms with Crippen LogP contribution in [0.1, 0.15) is 70.2 Å². The molecule has 1 heterocycles. The maximum atomic E-state index is 10.8. The monoisotopic (exact) mass is 316 g/mol. The molecule has 0 spiro atoms. The van der Waals surface area contributed by atoms with Gasteiger partial charge in [-0.2, -0.15) is 0 Å². The summed E-state index contributed by atoms with van der Waals surface area (Å²) in [6.45, 7) is 12.4. The molecule has 4 nitrogen and oxygen atoms in total. The first kappa shape index (κ1) is 17.5. The van der Waals surface area contributed by atoms with Crippen molar-refractivity contribution >= 4 is 0 Å². The highest BCUT2D eigenvalue weighted by atomic mass is 16.3. The number of aromatic nitrogens is 2. The van der Waals surface area contributed by atoms with Crippen LogP contribution in [-0.2, 0) is 17.9 Å². The maximum absolute atomic E-state index is 10.8. The molecule has 0 saturated heterocycles. The number of aliphatic hydroxyl groups excluding tert-OH is 1. The zero-order valence-corrected chi connectivity index (χ0v) is 15.2. The molecule has 4 heteroatoms. The third kappa shape index (κ3) is 3.42. The van der Waals surface area contributed by atoms with Crippen molar-refractivity contribution < 1.29 is 10.2 Å². The van der Waals surface area contributed by atoms with Gasteiger partial charge in [0.15, 0.2) is 0 Å². The van der Waals surface area contributed by atoms with Gasteiger partial charge in [0.1, 0.15) is 17.7 Å². The van der Waals surface area contributed by atoms with Gasteiger partial charge in [0.2, 0.25) is 0 Å². The molecule has 0 unspecified atom stereocenters. The molecule has 1 atom stereocenters. The number of phenolic OH excluding ortho intramolecular Hbond substituents is 1. The van der Waals surface area contributed by atoms with Crippen LogP contribution in [0.4, 0.5) is 0 Å². The van der Waals surface area contributed by atoms with Crippen LogP contribution in [-0.4, -0.2) is 19.8 Å². The summed E-state index contributed by atoms with van der Waals surface area (Å²) in [7, 11) is 1.86. The van der Waals surface area contributed by atoms with Crippen LogP contribution in [0.25, 0.3) is 0 Å². The summed E-state index contributed by atoms with van der Waals surface area (Å²) in [5.41, 5.74) is 2.00. The normalized spacial score (nSPS) is 14.1. The molecule has 2 N–H and O–H groups in total. The number of nitrogens with zero attached hydrogens (tertiary/aromatic N) is 2. The third-order valence-corrected chi connectivity index (χ3v) is 4.17. The van der Waals surface area contributed by atoms with E-state index >= 15 is 0 Å². The van der Waals surface area contributed by atoms with Gasteiger partial charge in [-0.15, -0.1) is 0 Å². The summed E-state index contributed by atoms with van der Waals surface area (Å²) in [4.78, 5) is 4.25. The van der Waals surface area contributed by atoms with Gasteiger partial charge in [-0.05, 0) is 39.7 Å². The Morgan fingerprint density at radius 3 is 1.83 bits per heavy atom. The van der Waals surface area contributed by atoms with Crippen molar-refractivity contribution in [3.8, 4) is 5.75 Å². The molecule has 0 bridgehead atoms. The average molecular weight is 316 g/mol. The minimum absolute atomic E-state index is 0.221. The van der Waals surface area contributed by atoms with E-state index in [1.807, 2.05) is 29.9 Å². The molecule has 0 radical (unpaired) electrons. The van der Waals surface area contributed by atoms with Crippen molar-refractivity contribution in [1.29, 1.82) is 0 Å². The number of imidazole rings is 1. The molecule has 0 fully saturated rings. The molecule has 0 aliphatic heterocycles. The van der Waals surface area contributed by atoms with Crippen LogP contribution in [0.15, 0.2) is 24.5 Å². The number of hydrogen-bond donors (Lipinski definition) is 2. The minimum atomic E-state index is -0.821. The van der Waals surface area contributed by atoms with Gasteiger partial charge >= 0.3 is 0 Å². The van der Waals surface area contributed by atoms with Crippen molar-refractivity contribution in [3.63, 3.8) is 0 Å². The van der Waals surface area contributed by atoms with E-state index < -0.39 is 6.10 Å². The molecule has 2 aromatic rings. The molecular weight excluding hydrogens is 288 g/mol. The number of phenols is 1. The van der Waals surface area contributed by atoms with E-state index in [4.69, 9.17) is 0 Å². The SMILES string of the molecule is Cn1ccnc1[C@@H](O)c1cc(C(C)(C)C)c(O)c(C(C)(C)C)c1. The Balaban J connectivity index is 2.68. The first-order chi connectivity index (χ1) is 10.4. The fourth-order valence-electron chi connectivity index (χ4n) is 2.75. The molecule has 0 aliphatic rings. The Morgan fingerprint density at radius 2 is 1.48 bits per heavy atom. The van der Waals surface area contributed by atoms with E-state index in [1.54, 1.807) is 6.20 Å². The van der Waals surface area contributed by atoms with E-state index in [2.05, 4.69) is 46.5 Å². The smallest absolute Gasteiger partial charge is 0.142 e. The lowest BCUT2D eigenvalue weighted by Crippen LogP contribution is -2.19. The van der Waals surface area contributed by atoms with Gasteiger partial charge in [0.25, 0.3) is 0 Å². The predicted octanol–water partition coefficient (Wildman–Crippen LogP) is 3.80. The highest BCUT2D eigenvalue weighted by molar-refractivity contribution is 5.51. The number of benzene rings is 1. The van der Waals surface area contributed by atoms with Crippen LogP contribution >= 0.6 is 0 Å². The molecule has 0 aliphatic carbocycles. The lowest BCUT2D eigenvalue weighted by Gasteiger charge is -2.29. The Kier molecular flexibility index (Phi) is 4.33. The second-order valence-electron chi connectivity index (χ2n) is 8.26. The van der Waals surface area contributed by atoms with Gasteiger partial charge in [-0.1, -0.05) is 41.5 Å². The number of aryl methyl sites for hydroxylation is 1. The number of aliphatic hydroxyl groups is 1. The van der Waals surface area contributed by atoms with Gasteiger partial charge in [0, 0.05) is 19.4 Å². The highest BCUT2D eigenvalue weighted by Gasteiger charge is 2.28. The lowest BCUT2D eigenvalue weighted by atomic mass is 9.78. The average Bonchev–Trinajstić information content (AvgIpc) is 2.81. The zero-order chi connectivity index (χ0) is 17.6. The number of aromatic hydroxyl groups is 1. The fourth-order valence-corrected chi connectivity index (χ4v) is 2.75. The standard InChI is InChI=1S/C19H28N2O2/c1-18(2,3)13-10-12(11-14(16(13)23)19(4,5)6)15(22)17-20-8-9-21(17)7/h8-11,15,22-23H,1-7H3/t15-/m0/s1. The van der Waals surface area contributed by atoms with Gasteiger partial charge < -0.3 is 14.8 Å². The Hall–Kier alpha value is -1.81. The third-order valence-electron chi connectivity index (χ3n) is 4.17. The molecule has 2 rings (SSSR count). The summed E-state index contributed by atoms with van der Waals surface area (Å²) < 4.78 is 1.81. The van der Waals surface area contributed by atoms with Crippen LogP contribution < -0.4 is 0 Å². The molecular formula is C19H28N2O2. The number of hydrogen-bond acceptors (Lipinski definition) is 3. The van der Waals surface area contributed by atoms with Gasteiger partial charge in [0.05, 0.1) is 0 Å². The van der Waals surface area contributed by atoms with E-state index in [1.165, 1.54) is 0 Å². The number of rotatable bonds is 2. The molecule has 1 aromatic carbocycles. The first-order valence-electron chi connectivity index (χ1n) is 7.96. The van der Waals surface area contributed by atoms with E-state index in [-0.39, 0.29) is 10.8 Å². The summed E-state index contributed by atoms with van der Waals surface area (Å²) in [5.74, 6) is 0.913. The highest BCUT2D eigenvalue weighted by Crippen LogP contribution is 2.41. The fraction of sp³-hybridized carbons (Fsp3) is 0.526. The molecule has 1 aromatic heterocycles. The maximum Gasteiger partial charge on any atom is 0.142 e. The van der Waals surface area contributed by atoms with Crippen molar-refractivity contribution in [2.24, 2.45) is 7.05 Å². The Morgan fingerprint density at radius 1 is 1.00 bits per heavy atom. The Labute approximate surface area is 138 Å². The summed E-state index contributed by atoms with van der Waals surface area (Å²) >= 11 is 0. The van der Waals surface area contributed by atoms with Crippen LogP contribution in [0, 0.1) is 0 Å². The summed E-state index contributed by atoms with van der Waals surface area (Å²) in [6.07, 6.45) is 2.67. The van der Waals surface area contributed by atoms with Gasteiger partial charge in [-0.25, -0.2) is 4.98 Å². The second-order valence-corrected chi connectivity index (χ2v) is 8.26. The predicted molar refractivity (Wildman–Crippen MR) is 92.8 cm³/mol. The van der Waals surface area contributed by atoms with E-state index in [0.29, 0.717) is 11.6 Å². The second kappa shape index (κ2) is 5.68. The largest absolute Gasteiger partial charge is 0.507 e. The first-order valence-corrected chi connectivity index (χ1v) is 7.96. The van der Waals surface area contributed by atoms with Gasteiger partial charge in [-0.3, -0.25) is 0 Å². The minimum Gasteiger partial charge on any atom is -0.507 e. The molecule has 0 amide bonds. The Bertz CT molecular complexity index is 668. The van der Waals surface area contributed by atoms with E-state index in [0.717, 1.165) is 16.7 Å². The molecule has 0 saturated carbocycles. The van der Waals surface area contributed by atoms with Crippen molar-refractivity contribution in [2.45, 2.75) is 58.5 Å². The topological polar surface area (TPSA) is 58.3 Å². The van der Waals surface area contributed by atoms with Crippen molar-refractivity contribution in [2.75, 3.05) is 0 Å². The quantitative estimate of drug-likeness (QED) is 0.886.